The molecule has 0 bridgehead atoms. The van der Waals surface area contributed by atoms with Crippen molar-refractivity contribution in [3.63, 3.8) is 0 Å². The summed E-state index contributed by atoms with van der Waals surface area (Å²) in [7, 11) is 1.63. The molecule has 0 fully saturated rings. The molecule has 0 aliphatic rings. The maximum Gasteiger partial charge on any atom is 0.315 e. The summed E-state index contributed by atoms with van der Waals surface area (Å²) in [6, 6.07) is 7.48. The van der Waals surface area contributed by atoms with Crippen LogP contribution >= 0.6 is 0 Å². The molecule has 0 saturated carbocycles. The molecule has 0 aliphatic carbocycles. The quantitative estimate of drug-likeness (QED) is 0.725. The Morgan fingerprint density at radius 2 is 1.76 bits per heavy atom. The van der Waals surface area contributed by atoms with E-state index in [9.17, 15) is 4.79 Å². The zero-order valence-corrected chi connectivity index (χ0v) is 13.3. The van der Waals surface area contributed by atoms with Crippen LogP contribution in [-0.2, 0) is 0 Å². The van der Waals surface area contributed by atoms with E-state index in [0.717, 1.165) is 17.9 Å². The van der Waals surface area contributed by atoms with Crippen molar-refractivity contribution in [3.05, 3.63) is 24.3 Å². The molecule has 1 aromatic carbocycles. The van der Waals surface area contributed by atoms with Gasteiger partial charge in [0.25, 0.3) is 0 Å². The fraction of sp³-hybridized carbons (Fsp3) is 0.562. The highest BCUT2D eigenvalue weighted by Crippen LogP contribution is 2.16. The van der Waals surface area contributed by atoms with E-state index in [1.165, 1.54) is 0 Å². The number of urea groups is 1. The summed E-state index contributed by atoms with van der Waals surface area (Å²) in [5, 5.41) is 5.72. The summed E-state index contributed by atoms with van der Waals surface area (Å²) in [6.45, 7) is 7.30. The van der Waals surface area contributed by atoms with Gasteiger partial charge in [-0.15, -0.1) is 0 Å². The molecular formula is C16H26N2O3. The van der Waals surface area contributed by atoms with Gasteiger partial charge < -0.3 is 20.1 Å². The van der Waals surface area contributed by atoms with Crippen LogP contribution in [0.4, 0.5) is 4.79 Å². The molecule has 5 heteroatoms. The molecule has 5 nitrogen and oxygen atoms in total. The second-order valence-corrected chi connectivity index (χ2v) is 5.31. The third-order valence-electron chi connectivity index (χ3n) is 3.29. The average molecular weight is 294 g/mol. The number of rotatable bonds is 8. The molecule has 1 unspecified atom stereocenters. The minimum absolute atomic E-state index is 0.124. The number of amides is 2. The molecule has 0 spiro atoms. The Balaban J connectivity index is 2.12. The summed E-state index contributed by atoms with van der Waals surface area (Å²) >= 11 is 0. The van der Waals surface area contributed by atoms with E-state index < -0.39 is 0 Å². The van der Waals surface area contributed by atoms with Crippen LogP contribution < -0.4 is 20.1 Å². The molecule has 2 N–H and O–H groups in total. The van der Waals surface area contributed by atoms with E-state index in [0.29, 0.717) is 19.1 Å². The maximum absolute atomic E-state index is 11.6. The first-order valence-corrected chi connectivity index (χ1v) is 7.34. The second-order valence-electron chi connectivity index (χ2n) is 5.31. The van der Waals surface area contributed by atoms with Gasteiger partial charge in [0.2, 0.25) is 0 Å². The lowest BCUT2D eigenvalue weighted by Gasteiger charge is -2.17. The van der Waals surface area contributed by atoms with Crippen molar-refractivity contribution in [1.82, 2.24) is 10.6 Å². The van der Waals surface area contributed by atoms with Crippen LogP contribution in [-0.4, -0.2) is 32.3 Å². The lowest BCUT2D eigenvalue weighted by molar-refractivity contribution is 0.233. The molecule has 21 heavy (non-hydrogen) atoms. The molecule has 0 aliphatic heterocycles. The molecule has 0 radical (unpaired) electrons. The van der Waals surface area contributed by atoms with Crippen LogP contribution in [0.1, 0.15) is 27.2 Å². The van der Waals surface area contributed by atoms with Crippen LogP contribution in [0.25, 0.3) is 0 Å². The smallest absolute Gasteiger partial charge is 0.315 e. The van der Waals surface area contributed by atoms with Crippen LogP contribution in [0.3, 0.4) is 0 Å². The lowest BCUT2D eigenvalue weighted by Crippen LogP contribution is -2.43. The number of carbonyl (C=O) groups is 1. The summed E-state index contributed by atoms with van der Waals surface area (Å²) in [5.41, 5.74) is 0. The van der Waals surface area contributed by atoms with E-state index in [-0.39, 0.29) is 12.1 Å². The van der Waals surface area contributed by atoms with Crippen molar-refractivity contribution >= 4 is 6.03 Å². The van der Waals surface area contributed by atoms with Gasteiger partial charge in [-0.25, -0.2) is 4.79 Å². The van der Waals surface area contributed by atoms with E-state index in [4.69, 9.17) is 9.47 Å². The molecule has 1 aromatic rings. The Morgan fingerprint density at radius 1 is 1.14 bits per heavy atom. The first-order chi connectivity index (χ1) is 10.0. The number of methoxy groups -OCH3 is 1. The van der Waals surface area contributed by atoms with E-state index in [2.05, 4.69) is 24.5 Å². The Bertz CT molecular complexity index is 418. The van der Waals surface area contributed by atoms with Crippen molar-refractivity contribution in [3.8, 4) is 11.5 Å². The highest BCUT2D eigenvalue weighted by Gasteiger charge is 2.09. The van der Waals surface area contributed by atoms with E-state index >= 15 is 0 Å². The number of ether oxygens (including phenoxy) is 2. The third kappa shape index (κ3) is 6.88. The number of carbonyl (C=O) groups excluding carboxylic acids is 1. The van der Waals surface area contributed by atoms with Crippen molar-refractivity contribution < 1.29 is 14.3 Å². The van der Waals surface area contributed by atoms with Crippen LogP contribution in [0.5, 0.6) is 11.5 Å². The molecule has 118 valence electrons. The lowest BCUT2D eigenvalue weighted by atomic mass is 10.1. The predicted octanol–water partition coefficient (Wildman–Crippen LogP) is 2.81. The third-order valence-corrected chi connectivity index (χ3v) is 3.29. The van der Waals surface area contributed by atoms with Crippen molar-refractivity contribution in [1.29, 1.82) is 0 Å². The zero-order chi connectivity index (χ0) is 15.7. The molecule has 0 heterocycles. The number of nitrogens with one attached hydrogen (secondary N) is 2. The fourth-order valence-corrected chi connectivity index (χ4v) is 1.56. The SMILES string of the molecule is COc1ccc(OCCCNC(=O)NC(C)C(C)C)cc1. The molecule has 1 rings (SSSR count). The standard InChI is InChI=1S/C16H26N2O3/c1-12(2)13(3)18-16(19)17-10-5-11-21-15-8-6-14(20-4)7-9-15/h6-9,12-13H,5,10-11H2,1-4H3,(H2,17,18,19). The molecule has 0 saturated heterocycles. The van der Waals surface area contributed by atoms with Gasteiger partial charge in [-0.3, -0.25) is 0 Å². The highest BCUT2D eigenvalue weighted by atomic mass is 16.5. The first kappa shape index (κ1) is 17.1. The Labute approximate surface area is 127 Å². The largest absolute Gasteiger partial charge is 0.497 e. The van der Waals surface area contributed by atoms with Crippen molar-refractivity contribution in [2.45, 2.75) is 33.2 Å². The predicted molar refractivity (Wildman–Crippen MR) is 83.9 cm³/mol. The normalized spacial score (nSPS) is 11.9. The van der Waals surface area contributed by atoms with Gasteiger partial charge in [0.1, 0.15) is 11.5 Å². The topological polar surface area (TPSA) is 59.6 Å². The van der Waals surface area contributed by atoms with Gasteiger partial charge in [0, 0.05) is 12.6 Å². The molecule has 1 atom stereocenters. The Morgan fingerprint density at radius 3 is 2.33 bits per heavy atom. The van der Waals surface area contributed by atoms with E-state index in [1.54, 1.807) is 7.11 Å². The van der Waals surface area contributed by atoms with Gasteiger partial charge in [0.15, 0.2) is 0 Å². The molecule has 2 amide bonds. The van der Waals surface area contributed by atoms with Gasteiger partial charge >= 0.3 is 6.03 Å². The highest BCUT2D eigenvalue weighted by molar-refractivity contribution is 5.74. The number of hydrogen-bond donors (Lipinski definition) is 2. The summed E-state index contributed by atoms with van der Waals surface area (Å²) in [4.78, 5) is 11.6. The van der Waals surface area contributed by atoms with E-state index in [1.807, 2.05) is 31.2 Å². The van der Waals surface area contributed by atoms with Crippen LogP contribution in [0, 0.1) is 5.92 Å². The van der Waals surface area contributed by atoms with Crippen molar-refractivity contribution in [2.24, 2.45) is 5.92 Å². The molecular weight excluding hydrogens is 268 g/mol. The Hall–Kier alpha value is -1.91. The van der Waals surface area contributed by atoms with Gasteiger partial charge in [-0.05, 0) is 43.5 Å². The van der Waals surface area contributed by atoms with Crippen LogP contribution in [0.2, 0.25) is 0 Å². The minimum Gasteiger partial charge on any atom is -0.497 e. The first-order valence-electron chi connectivity index (χ1n) is 7.34. The zero-order valence-electron chi connectivity index (χ0n) is 13.3. The summed E-state index contributed by atoms with van der Waals surface area (Å²) in [5.74, 6) is 2.03. The van der Waals surface area contributed by atoms with Gasteiger partial charge in [0.05, 0.1) is 13.7 Å². The molecule has 0 aromatic heterocycles. The monoisotopic (exact) mass is 294 g/mol. The maximum atomic E-state index is 11.6. The fourth-order valence-electron chi connectivity index (χ4n) is 1.56. The van der Waals surface area contributed by atoms with Crippen LogP contribution in [0.15, 0.2) is 24.3 Å². The number of hydrogen-bond acceptors (Lipinski definition) is 3. The van der Waals surface area contributed by atoms with Crippen molar-refractivity contribution in [2.75, 3.05) is 20.3 Å². The summed E-state index contributed by atoms with van der Waals surface area (Å²) < 4.78 is 10.7. The van der Waals surface area contributed by atoms with Gasteiger partial charge in [-0.1, -0.05) is 13.8 Å². The average Bonchev–Trinajstić information content (AvgIpc) is 2.47. The van der Waals surface area contributed by atoms with Gasteiger partial charge in [-0.2, -0.15) is 0 Å². The Kier molecular flexibility index (Phi) is 7.43. The number of benzene rings is 1. The second kappa shape index (κ2) is 9.10. The minimum atomic E-state index is -0.124. The summed E-state index contributed by atoms with van der Waals surface area (Å²) in [6.07, 6.45) is 0.759.